The molecule has 0 spiro atoms. The second-order valence-corrected chi connectivity index (χ2v) is 10.6. The van der Waals surface area contributed by atoms with E-state index in [1.54, 1.807) is 36.7 Å². The molecular formula is C32H24N4O4. The van der Waals surface area contributed by atoms with Gasteiger partial charge in [0.2, 0.25) is 0 Å². The fourth-order valence-electron chi connectivity index (χ4n) is 6.18. The minimum Gasteiger partial charge on any atom is -0.350 e. The lowest BCUT2D eigenvalue weighted by Crippen LogP contribution is -2.12. The largest absolute Gasteiger partial charge is 0.350 e. The van der Waals surface area contributed by atoms with Gasteiger partial charge < -0.3 is 9.97 Å². The molecule has 2 aliphatic heterocycles. The van der Waals surface area contributed by atoms with Crippen molar-refractivity contribution >= 4 is 33.6 Å². The minimum atomic E-state index is -0.168. The van der Waals surface area contributed by atoms with Crippen LogP contribution in [0.3, 0.4) is 0 Å². The van der Waals surface area contributed by atoms with Crippen molar-refractivity contribution in [3.63, 3.8) is 0 Å². The fourth-order valence-corrected chi connectivity index (χ4v) is 6.18. The van der Waals surface area contributed by atoms with E-state index in [0.717, 1.165) is 33.3 Å². The molecular weight excluding hydrogens is 504 g/mol. The number of fused-ring (bicyclic) bond motifs is 8. The predicted molar refractivity (Wildman–Crippen MR) is 154 cm³/mol. The Labute approximate surface area is 227 Å². The first-order chi connectivity index (χ1) is 19.2. The second kappa shape index (κ2) is 8.13. The molecule has 0 aliphatic carbocycles. The predicted octanol–water partition coefficient (Wildman–Crippen LogP) is 5.23. The number of H-pyrrole nitrogens is 2. The normalized spacial score (nSPS) is 12.8. The molecule has 2 N–H and O–H groups in total. The average molecular weight is 529 g/mol. The summed E-state index contributed by atoms with van der Waals surface area (Å²) in [7, 11) is 0. The zero-order chi connectivity index (χ0) is 28.0. The van der Waals surface area contributed by atoms with Gasteiger partial charge in [-0.25, -0.2) is 0 Å². The molecule has 0 atom stereocenters. The Morgan fingerprint density at radius 2 is 0.975 bits per heavy atom. The first-order valence-corrected chi connectivity index (χ1v) is 12.9. The summed E-state index contributed by atoms with van der Waals surface area (Å²) in [5.74, 6) is -0.337. The molecule has 4 aromatic heterocycles. The van der Waals surface area contributed by atoms with Crippen molar-refractivity contribution in [1.82, 2.24) is 19.1 Å². The summed E-state index contributed by atoms with van der Waals surface area (Å²) in [4.78, 5) is 56.4. The molecule has 2 aliphatic rings. The second-order valence-electron chi connectivity index (χ2n) is 10.6. The number of carbonyl (C=O) groups is 2. The van der Waals surface area contributed by atoms with E-state index < -0.39 is 0 Å². The van der Waals surface area contributed by atoms with Crippen molar-refractivity contribution in [3.8, 4) is 22.5 Å². The highest BCUT2D eigenvalue weighted by molar-refractivity contribution is 6.10. The van der Waals surface area contributed by atoms with Crippen LogP contribution in [0.5, 0.6) is 0 Å². The molecule has 40 heavy (non-hydrogen) atoms. The molecule has 6 heterocycles. The van der Waals surface area contributed by atoms with E-state index in [1.807, 2.05) is 52.0 Å². The zero-order valence-corrected chi connectivity index (χ0v) is 22.3. The summed E-state index contributed by atoms with van der Waals surface area (Å²) in [6.45, 7) is 7.80. The maximum absolute atomic E-state index is 12.8. The fraction of sp³-hybridized carbons (Fsp3) is 0.125. The molecule has 0 amide bonds. The van der Waals surface area contributed by atoms with Crippen LogP contribution in [0.25, 0.3) is 44.3 Å². The minimum absolute atomic E-state index is 0.0722. The first kappa shape index (κ1) is 23.8. The van der Waals surface area contributed by atoms with Crippen LogP contribution in [0.15, 0.2) is 70.5 Å². The van der Waals surface area contributed by atoms with Gasteiger partial charge in [0.25, 0.3) is 11.8 Å². The van der Waals surface area contributed by atoms with Gasteiger partial charge in [-0.3, -0.25) is 28.3 Å². The SMILES string of the molecule is Cc1cc(C)c2c(=O)c3c([nH]c2c1)C(=O)n1cccc1-3.Cc1cc(C)c2c(=O)c3c([nH]c2c1)C(=O)n1cccc1-3. The quantitative estimate of drug-likeness (QED) is 0.281. The van der Waals surface area contributed by atoms with Crippen molar-refractivity contribution in [2.24, 2.45) is 0 Å². The van der Waals surface area contributed by atoms with E-state index in [-0.39, 0.29) is 22.7 Å². The van der Waals surface area contributed by atoms with Gasteiger partial charge in [0.15, 0.2) is 10.9 Å². The van der Waals surface area contributed by atoms with Crippen LogP contribution in [0.1, 0.15) is 43.2 Å². The van der Waals surface area contributed by atoms with Gasteiger partial charge in [-0.05, 0) is 86.3 Å². The summed E-state index contributed by atoms with van der Waals surface area (Å²) in [5.41, 5.74) is 8.41. The Bertz CT molecular complexity index is 2080. The summed E-state index contributed by atoms with van der Waals surface area (Å²) < 4.78 is 3.03. The monoisotopic (exact) mass is 528 g/mol. The van der Waals surface area contributed by atoms with Crippen LogP contribution < -0.4 is 10.9 Å². The van der Waals surface area contributed by atoms with Crippen LogP contribution in [-0.2, 0) is 0 Å². The molecule has 6 aromatic rings. The van der Waals surface area contributed by atoms with Gasteiger partial charge in [0, 0.05) is 23.2 Å². The van der Waals surface area contributed by atoms with Crippen LogP contribution in [-0.4, -0.2) is 30.9 Å². The van der Waals surface area contributed by atoms with Crippen molar-refractivity contribution < 1.29 is 9.59 Å². The Balaban J connectivity index is 0.000000132. The van der Waals surface area contributed by atoms with E-state index in [0.29, 0.717) is 44.7 Å². The average Bonchev–Trinajstić information content (AvgIpc) is 3.65. The third kappa shape index (κ3) is 3.13. The first-order valence-electron chi connectivity index (χ1n) is 12.9. The molecule has 8 heteroatoms. The summed E-state index contributed by atoms with van der Waals surface area (Å²) in [6.07, 6.45) is 3.38. The molecule has 8 nitrogen and oxygen atoms in total. The van der Waals surface area contributed by atoms with Gasteiger partial charge in [-0.1, -0.05) is 12.1 Å². The van der Waals surface area contributed by atoms with Crippen molar-refractivity contribution in [1.29, 1.82) is 0 Å². The third-order valence-corrected chi connectivity index (χ3v) is 7.76. The standard InChI is InChI=1S/2C16H12N2O2/c2*1-8-6-9(2)12-10(7-8)17-14-13(15(12)19)11-4-3-5-18(11)16(14)20/h2*3-7H,1-2H3,(H,17,19). The van der Waals surface area contributed by atoms with Crippen LogP contribution in [0.4, 0.5) is 0 Å². The molecule has 0 bridgehead atoms. The van der Waals surface area contributed by atoms with Crippen molar-refractivity contribution in [3.05, 3.63) is 115 Å². The highest BCUT2D eigenvalue weighted by Crippen LogP contribution is 2.32. The van der Waals surface area contributed by atoms with Gasteiger partial charge in [-0.15, -0.1) is 0 Å². The Hall–Kier alpha value is -5.24. The molecule has 0 saturated heterocycles. The molecule has 0 unspecified atom stereocenters. The highest BCUT2D eigenvalue weighted by Gasteiger charge is 2.31. The number of aromatic amines is 2. The maximum Gasteiger partial charge on any atom is 0.279 e. The molecule has 0 saturated carbocycles. The zero-order valence-electron chi connectivity index (χ0n) is 22.3. The highest BCUT2D eigenvalue weighted by atomic mass is 16.2. The lowest BCUT2D eigenvalue weighted by Gasteiger charge is -2.06. The number of benzene rings is 2. The summed E-state index contributed by atoms with van der Waals surface area (Å²) in [6, 6.07) is 14.9. The summed E-state index contributed by atoms with van der Waals surface area (Å²) >= 11 is 0. The molecule has 0 fully saturated rings. The molecule has 2 aromatic carbocycles. The van der Waals surface area contributed by atoms with Crippen LogP contribution in [0, 0.1) is 27.7 Å². The van der Waals surface area contributed by atoms with Gasteiger partial charge >= 0.3 is 0 Å². The van der Waals surface area contributed by atoms with E-state index >= 15 is 0 Å². The van der Waals surface area contributed by atoms with Crippen molar-refractivity contribution in [2.75, 3.05) is 0 Å². The van der Waals surface area contributed by atoms with Gasteiger partial charge in [0.1, 0.15) is 11.4 Å². The topological polar surface area (TPSA) is 110 Å². The van der Waals surface area contributed by atoms with E-state index in [2.05, 4.69) is 9.97 Å². The number of aromatic nitrogens is 4. The lowest BCUT2D eigenvalue weighted by atomic mass is 10.0. The summed E-state index contributed by atoms with van der Waals surface area (Å²) in [5, 5.41) is 1.33. The number of hydrogen-bond donors (Lipinski definition) is 2. The smallest absolute Gasteiger partial charge is 0.279 e. The van der Waals surface area contributed by atoms with Crippen molar-refractivity contribution in [2.45, 2.75) is 27.7 Å². The Kier molecular flexibility index (Phi) is 4.85. The maximum atomic E-state index is 12.8. The Morgan fingerprint density at radius 3 is 1.38 bits per heavy atom. The van der Waals surface area contributed by atoms with E-state index in [1.165, 1.54) is 9.13 Å². The lowest BCUT2D eigenvalue weighted by molar-refractivity contribution is 0.0957. The number of hydrogen-bond acceptors (Lipinski definition) is 4. The number of aryl methyl sites for hydroxylation is 4. The third-order valence-electron chi connectivity index (χ3n) is 7.76. The number of carbonyl (C=O) groups excluding carboxylic acids is 2. The molecule has 0 radical (unpaired) electrons. The number of nitrogens with zero attached hydrogens (tertiary/aromatic N) is 2. The number of nitrogens with one attached hydrogen (secondary N) is 2. The van der Waals surface area contributed by atoms with Crippen LogP contribution in [0.2, 0.25) is 0 Å². The number of pyridine rings is 2. The van der Waals surface area contributed by atoms with E-state index in [4.69, 9.17) is 0 Å². The number of rotatable bonds is 0. The van der Waals surface area contributed by atoms with Crippen LogP contribution >= 0.6 is 0 Å². The molecule has 196 valence electrons. The van der Waals surface area contributed by atoms with Gasteiger partial charge in [0.05, 0.1) is 33.5 Å². The van der Waals surface area contributed by atoms with E-state index in [9.17, 15) is 19.2 Å². The Morgan fingerprint density at radius 1 is 0.575 bits per heavy atom. The van der Waals surface area contributed by atoms with Gasteiger partial charge in [-0.2, -0.15) is 0 Å². The molecule has 8 rings (SSSR count).